The Kier molecular flexibility index (Phi) is 5.75. The van der Waals surface area contributed by atoms with E-state index in [-0.39, 0.29) is 5.78 Å². The second-order valence-electron chi connectivity index (χ2n) is 3.98. The number of benzene rings is 1. The summed E-state index contributed by atoms with van der Waals surface area (Å²) in [5.41, 5.74) is 0.794. The van der Waals surface area contributed by atoms with Gasteiger partial charge < -0.3 is 5.32 Å². The Morgan fingerprint density at radius 2 is 2.00 bits per heavy atom. The monoisotopic (exact) mass is 220 g/mol. The molecule has 0 aromatic heterocycles. The summed E-state index contributed by atoms with van der Waals surface area (Å²) in [5, 5.41) is 3.10. The molecule has 0 radical (unpaired) electrons. The molecule has 0 fully saturated rings. The number of likely N-dealkylation sites (N-methyl/N-ethyl adjacent to an activating group) is 1. The Morgan fingerprint density at radius 3 is 2.62 bits per heavy atom. The Balaban J connectivity index is 2.34. The second-order valence-corrected chi connectivity index (χ2v) is 3.98. The largest absolute Gasteiger partial charge is 0.320 e. The zero-order chi connectivity index (χ0) is 11.8. The summed E-state index contributed by atoms with van der Waals surface area (Å²) in [4.78, 5) is 13.9. The molecule has 88 valence electrons. The van der Waals surface area contributed by atoms with Crippen LogP contribution in [-0.2, 0) is 0 Å². The van der Waals surface area contributed by atoms with Gasteiger partial charge in [0.05, 0.1) is 6.54 Å². The van der Waals surface area contributed by atoms with Gasteiger partial charge in [-0.25, -0.2) is 0 Å². The van der Waals surface area contributed by atoms with Gasteiger partial charge >= 0.3 is 0 Å². The zero-order valence-electron chi connectivity index (χ0n) is 10.1. The van der Waals surface area contributed by atoms with E-state index in [0.29, 0.717) is 6.54 Å². The van der Waals surface area contributed by atoms with E-state index in [1.54, 1.807) is 0 Å². The number of ketones is 1. The minimum atomic E-state index is 0.188. The molecule has 0 aliphatic heterocycles. The van der Waals surface area contributed by atoms with Crippen molar-refractivity contribution in [3.8, 4) is 0 Å². The van der Waals surface area contributed by atoms with Crippen molar-refractivity contribution >= 4 is 5.78 Å². The molecule has 0 unspecified atom stereocenters. The molecule has 3 heteroatoms. The van der Waals surface area contributed by atoms with Gasteiger partial charge in [0, 0.05) is 5.56 Å². The van der Waals surface area contributed by atoms with Crippen LogP contribution in [0.3, 0.4) is 0 Å². The first-order valence-corrected chi connectivity index (χ1v) is 5.65. The van der Waals surface area contributed by atoms with Crippen LogP contribution in [-0.4, -0.2) is 44.4 Å². The highest BCUT2D eigenvalue weighted by molar-refractivity contribution is 5.97. The highest BCUT2D eigenvalue weighted by Gasteiger charge is 2.07. The average Bonchev–Trinajstić information content (AvgIpc) is 2.30. The lowest BCUT2D eigenvalue weighted by Crippen LogP contribution is -2.28. The first kappa shape index (κ1) is 12.9. The van der Waals surface area contributed by atoms with Crippen LogP contribution >= 0.6 is 0 Å². The van der Waals surface area contributed by atoms with Gasteiger partial charge in [-0.2, -0.15) is 0 Å². The first-order valence-electron chi connectivity index (χ1n) is 5.65. The number of carbonyl (C=O) groups is 1. The van der Waals surface area contributed by atoms with Crippen LogP contribution in [0.25, 0.3) is 0 Å². The molecule has 16 heavy (non-hydrogen) atoms. The van der Waals surface area contributed by atoms with Crippen LogP contribution in [0.1, 0.15) is 16.8 Å². The maximum atomic E-state index is 11.8. The molecule has 0 saturated heterocycles. The summed E-state index contributed by atoms with van der Waals surface area (Å²) < 4.78 is 0. The van der Waals surface area contributed by atoms with Crippen LogP contribution in [0.4, 0.5) is 0 Å². The van der Waals surface area contributed by atoms with Crippen molar-refractivity contribution in [2.24, 2.45) is 0 Å². The minimum Gasteiger partial charge on any atom is -0.320 e. The van der Waals surface area contributed by atoms with Gasteiger partial charge in [-0.1, -0.05) is 30.3 Å². The fraction of sp³-hybridized carbons (Fsp3) is 0.462. The van der Waals surface area contributed by atoms with Gasteiger partial charge in [-0.15, -0.1) is 0 Å². The molecule has 3 nitrogen and oxygen atoms in total. The molecule has 1 aromatic rings. The Morgan fingerprint density at radius 1 is 1.31 bits per heavy atom. The fourth-order valence-electron chi connectivity index (χ4n) is 1.57. The number of rotatable bonds is 7. The third-order valence-electron chi connectivity index (χ3n) is 2.48. The van der Waals surface area contributed by atoms with Crippen molar-refractivity contribution in [2.75, 3.05) is 33.7 Å². The molecule has 0 aliphatic rings. The number of hydrogen-bond donors (Lipinski definition) is 1. The van der Waals surface area contributed by atoms with Gasteiger partial charge in [0.15, 0.2) is 5.78 Å². The van der Waals surface area contributed by atoms with Gasteiger partial charge in [0.25, 0.3) is 0 Å². The Bertz CT molecular complexity index is 311. The molecule has 0 bridgehead atoms. The van der Waals surface area contributed by atoms with Crippen LogP contribution in [0.2, 0.25) is 0 Å². The standard InChI is InChI=1S/C13H20N2O/c1-14-9-6-10-15(2)11-13(16)12-7-4-3-5-8-12/h3-5,7-8,14H,6,9-11H2,1-2H3. The van der Waals surface area contributed by atoms with E-state index in [2.05, 4.69) is 10.2 Å². The van der Waals surface area contributed by atoms with Crippen molar-refractivity contribution in [2.45, 2.75) is 6.42 Å². The topological polar surface area (TPSA) is 32.3 Å². The lowest BCUT2D eigenvalue weighted by molar-refractivity contribution is 0.0946. The first-order chi connectivity index (χ1) is 7.74. The maximum absolute atomic E-state index is 11.8. The molecular formula is C13H20N2O. The van der Waals surface area contributed by atoms with Crippen molar-refractivity contribution < 1.29 is 4.79 Å². The summed E-state index contributed by atoms with van der Waals surface area (Å²) in [5.74, 6) is 0.188. The average molecular weight is 220 g/mol. The van der Waals surface area contributed by atoms with Crippen molar-refractivity contribution in [1.82, 2.24) is 10.2 Å². The van der Waals surface area contributed by atoms with E-state index < -0.39 is 0 Å². The number of nitrogens with zero attached hydrogens (tertiary/aromatic N) is 1. The van der Waals surface area contributed by atoms with Gasteiger partial charge in [-0.05, 0) is 33.6 Å². The van der Waals surface area contributed by atoms with Crippen molar-refractivity contribution in [1.29, 1.82) is 0 Å². The van der Waals surface area contributed by atoms with Gasteiger partial charge in [-0.3, -0.25) is 9.69 Å². The number of Topliss-reactive ketones (excluding diaryl/α,β-unsaturated/α-hetero) is 1. The molecule has 1 N–H and O–H groups in total. The molecule has 0 spiro atoms. The number of hydrogen-bond acceptors (Lipinski definition) is 3. The van der Waals surface area contributed by atoms with Crippen molar-refractivity contribution in [3.05, 3.63) is 35.9 Å². The summed E-state index contributed by atoms with van der Waals surface area (Å²) >= 11 is 0. The SMILES string of the molecule is CNCCCN(C)CC(=O)c1ccccc1. The van der Waals surface area contributed by atoms with Crippen molar-refractivity contribution in [3.63, 3.8) is 0 Å². The van der Waals surface area contributed by atoms with E-state index in [4.69, 9.17) is 0 Å². The van der Waals surface area contributed by atoms with E-state index in [1.165, 1.54) is 0 Å². The van der Waals surface area contributed by atoms with E-state index in [0.717, 1.165) is 25.1 Å². The summed E-state index contributed by atoms with van der Waals surface area (Å²) in [7, 11) is 3.92. The third-order valence-corrected chi connectivity index (χ3v) is 2.48. The molecule has 1 rings (SSSR count). The van der Waals surface area contributed by atoms with E-state index in [9.17, 15) is 4.79 Å². The Hall–Kier alpha value is -1.19. The number of carbonyl (C=O) groups excluding carboxylic acids is 1. The lowest BCUT2D eigenvalue weighted by atomic mass is 10.1. The maximum Gasteiger partial charge on any atom is 0.176 e. The quantitative estimate of drug-likeness (QED) is 0.557. The predicted molar refractivity (Wildman–Crippen MR) is 66.8 cm³/mol. The minimum absolute atomic E-state index is 0.188. The molecule has 0 atom stereocenters. The molecule has 0 aliphatic carbocycles. The third kappa shape index (κ3) is 4.55. The van der Waals surface area contributed by atoms with Crippen LogP contribution in [0, 0.1) is 0 Å². The summed E-state index contributed by atoms with van der Waals surface area (Å²) in [6.07, 6.45) is 1.06. The van der Waals surface area contributed by atoms with Gasteiger partial charge in [0.2, 0.25) is 0 Å². The highest BCUT2D eigenvalue weighted by atomic mass is 16.1. The van der Waals surface area contributed by atoms with E-state index in [1.807, 2.05) is 44.4 Å². The molecule has 0 saturated carbocycles. The lowest BCUT2D eigenvalue weighted by Gasteiger charge is -2.15. The highest BCUT2D eigenvalue weighted by Crippen LogP contribution is 2.01. The molecule has 1 aromatic carbocycles. The molecular weight excluding hydrogens is 200 g/mol. The zero-order valence-corrected chi connectivity index (χ0v) is 10.1. The van der Waals surface area contributed by atoms with Gasteiger partial charge in [0.1, 0.15) is 0 Å². The normalized spacial score (nSPS) is 10.7. The van der Waals surface area contributed by atoms with E-state index >= 15 is 0 Å². The van der Waals surface area contributed by atoms with Crippen LogP contribution in [0.15, 0.2) is 30.3 Å². The summed E-state index contributed by atoms with van der Waals surface area (Å²) in [6.45, 7) is 2.43. The smallest absolute Gasteiger partial charge is 0.176 e. The Labute approximate surface area is 97.5 Å². The fourth-order valence-corrected chi connectivity index (χ4v) is 1.57. The van der Waals surface area contributed by atoms with Crippen LogP contribution in [0.5, 0.6) is 0 Å². The molecule has 0 heterocycles. The molecule has 0 amide bonds. The number of nitrogens with one attached hydrogen (secondary N) is 1. The van der Waals surface area contributed by atoms with Crippen LogP contribution < -0.4 is 5.32 Å². The summed E-state index contributed by atoms with van der Waals surface area (Å²) in [6, 6.07) is 9.45. The predicted octanol–water partition coefficient (Wildman–Crippen LogP) is 1.41. The second kappa shape index (κ2) is 7.14.